The van der Waals surface area contributed by atoms with Crippen molar-refractivity contribution in [1.82, 2.24) is 4.90 Å². The Balaban J connectivity index is 1.56. The van der Waals surface area contributed by atoms with E-state index in [4.69, 9.17) is 23.2 Å². The molecule has 1 unspecified atom stereocenters. The molecule has 0 bridgehead atoms. The molecule has 3 aromatic carbocycles. The van der Waals surface area contributed by atoms with Gasteiger partial charge >= 0.3 is 5.97 Å². The number of ether oxygens (including phenoxy) is 1. The second-order valence-electron chi connectivity index (χ2n) is 11.7. The molecule has 46 heavy (non-hydrogen) atoms. The van der Waals surface area contributed by atoms with Crippen LogP contribution in [0.3, 0.4) is 0 Å². The van der Waals surface area contributed by atoms with Crippen LogP contribution in [0.4, 0.5) is 15.8 Å². The van der Waals surface area contributed by atoms with Gasteiger partial charge in [0.2, 0.25) is 6.04 Å². The summed E-state index contributed by atoms with van der Waals surface area (Å²) in [5.74, 6) is -3.76. The molecule has 240 valence electrons. The second-order valence-corrected chi connectivity index (χ2v) is 12.6. The highest BCUT2D eigenvalue weighted by molar-refractivity contribution is 6.31. The largest absolute Gasteiger partial charge is 0.465 e. The zero-order valence-corrected chi connectivity index (χ0v) is 25.7. The van der Waals surface area contributed by atoms with Gasteiger partial charge in [-0.15, -0.1) is 0 Å². The van der Waals surface area contributed by atoms with Gasteiger partial charge in [-0.25, -0.2) is 9.18 Å². The normalized spacial score (nSPS) is 24.5. The highest BCUT2D eigenvalue weighted by Crippen LogP contribution is 2.60. The highest BCUT2D eigenvalue weighted by atomic mass is 35.5. The van der Waals surface area contributed by atoms with Gasteiger partial charge in [-0.05, 0) is 55.5 Å². The minimum atomic E-state index is -1.82. The molecule has 5 atom stereocenters. The third kappa shape index (κ3) is 5.07. The molecule has 3 aromatic rings. The Morgan fingerprint density at radius 1 is 1.17 bits per heavy atom. The van der Waals surface area contributed by atoms with E-state index in [0.29, 0.717) is 16.3 Å². The lowest BCUT2D eigenvalue weighted by Gasteiger charge is -2.39. The number of methoxy groups -OCH3 is 1. The van der Waals surface area contributed by atoms with Crippen molar-refractivity contribution in [2.75, 3.05) is 19.0 Å². The molecule has 1 spiro atoms. The number of nitro benzene ring substituents is 1. The van der Waals surface area contributed by atoms with E-state index in [9.17, 15) is 34.9 Å². The van der Waals surface area contributed by atoms with Gasteiger partial charge in [0.15, 0.2) is 0 Å². The molecule has 0 radical (unpaired) electrons. The molecule has 2 N–H and O–H groups in total. The number of hydrogen-bond acceptors (Lipinski definition) is 9. The maximum atomic E-state index is 15.9. The number of carbonyl (C=O) groups is 2. The van der Waals surface area contributed by atoms with Gasteiger partial charge in [-0.3, -0.25) is 29.9 Å². The van der Waals surface area contributed by atoms with Crippen molar-refractivity contribution in [3.05, 3.63) is 113 Å². The first-order chi connectivity index (χ1) is 21.9. The summed E-state index contributed by atoms with van der Waals surface area (Å²) < 4.78 is 20.6. The quantitative estimate of drug-likeness (QED) is 0.167. The van der Waals surface area contributed by atoms with Crippen LogP contribution in [-0.2, 0) is 15.1 Å². The second kappa shape index (κ2) is 11.9. The summed E-state index contributed by atoms with van der Waals surface area (Å²) in [7, 11) is 1.11. The van der Waals surface area contributed by atoms with Crippen molar-refractivity contribution >= 4 is 46.5 Å². The van der Waals surface area contributed by atoms with Crippen molar-refractivity contribution < 1.29 is 33.7 Å². The summed E-state index contributed by atoms with van der Waals surface area (Å²) >= 11 is 12.4. The Hall–Kier alpha value is -4.17. The van der Waals surface area contributed by atoms with Gasteiger partial charge < -0.3 is 15.2 Å². The molecule has 2 fully saturated rings. The molecule has 2 heterocycles. The standard InChI is InChI=1S/C31H27Cl2FN4O8/c1-46-29(40)16-7-9-18(23(11-16)37(42)43)25(39)13-24-28(38(44)45)26(19-3-2-4-21(33)27(19)34)31(36(24)14-15-5-6-15)20-10-8-17(32)12-22(20)35-30(31)41/h2-4,7-12,15,24-26,28,39H,5-6,13-14H2,1H3,(H,35,41)/t24-,25?,26-,28+,31+/m0/s1. The van der Waals surface area contributed by atoms with Crippen LogP contribution >= 0.6 is 23.2 Å². The molecule has 3 aliphatic rings. The summed E-state index contributed by atoms with van der Waals surface area (Å²) in [6.45, 7) is 0.194. The number of nitrogens with one attached hydrogen (secondary N) is 1. The van der Waals surface area contributed by atoms with Crippen LogP contribution < -0.4 is 5.32 Å². The predicted octanol–water partition coefficient (Wildman–Crippen LogP) is 5.62. The first-order valence-corrected chi connectivity index (χ1v) is 15.2. The average Bonchev–Trinajstić information content (AvgIpc) is 3.74. The number of halogens is 3. The Labute approximate surface area is 271 Å². The lowest BCUT2D eigenvalue weighted by atomic mass is 9.73. The molecule has 15 heteroatoms. The summed E-state index contributed by atoms with van der Waals surface area (Å²) in [6, 6.07) is 9.23. The zero-order valence-electron chi connectivity index (χ0n) is 24.2. The maximum absolute atomic E-state index is 15.9. The fourth-order valence-corrected chi connectivity index (χ4v) is 7.47. The summed E-state index contributed by atoms with van der Waals surface area (Å²) in [5, 5.41) is 39.5. The Bertz CT molecular complexity index is 1790. The Morgan fingerprint density at radius 2 is 1.91 bits per heavy atom. The molecule has 1 aliphatic carbocycles. The number of nitro groups is 2. The van der Waals surface area contributed by atoms with Gasteiger partial charge in [0, 0.05) is 39.4 Å². The molecule has 1 amide bonds. The summed E-state index contributed by atoms with van der Waals surface area (Å²) in [6.07, 6.45) is -0.517. The fraction of sp³-hybridized carbons (Fsp3) is 0.355. The van der Waals surface area contributed by atoms with E-state index in [1.54, 1.807) is 17.0 Å². The van der Waals surface area contributed by atoms with Crippen molar-refractivity contribution in [3.8, 4) is 0 Å². The number of likely N-dealkylation sites (tertiary alicyclic amines) is 1. The number of benzene rings is 3. The third-order valence-electron chi connectivity index (χ3n) is 9.21. The van der Waals surface area contributed by atoms with Gasteiger partial charge in [0.25, 0.3) is 11.6 Å². The van der Waals surface area contributed by atoms with Crippen LogP contribution in [0, 0.1) is 32.0 Å². The zero-order chi connectivity index (χ0) is 33.1. The monoisotopic (exact) mass is 672 g/mol. The third-order valence-corrected chi connectivity index (χ3v) is 9.74. The first-order valence-electron chi connectivity index (χ1n) is 14.4. The van der Waals surface area contributed by atoms with E-state index in [-0.39, 0.29) is 34.2 Å². The van der Waals surface area contributed by atoms with Crippen LogP contribution in [0.1, 0.15) is 58.3 Å². The van der Waals surface area contributed by atoms with Crippen LogP contribution in [0.5, 0.6) is 0 Å². The van der Waals surface area contributed by atoms with Crippen LogP contribution in [-0.4, -0.2) is 57.5 Å². The van der Waals surface area contributed by atoms with E-state index in [2.05, 4.69) is 10.1 Å². The highest BCUT2D eigenvalue weighted by Gasteiger charge is 2.71. The number of nitrogens with zero attached hydrogens (tertiary/aromatic N) is 3. The Morgan fingerprint density at radius 3 is 2.57 bits per heavy atom. The fourth-order valence-electron chi connectivity index (χ4n) is 7.12. The molecule has 2 aliphatic heterocycles. The first kappa shape index (κ1) is 31.8. The van der Waals surface area contributed by atoms with E-state index in [1.807, 2.05) is 0 Å². The lowest BCUT2D eigenvalue weighted by molar-refractivity contribution is -0.528. The van der Waals surface area contributed by atoms with Crippen LogP contribution in [0.25, 0.3) is 0 Å². The number of fused-ring (bicyclic) bond motifs is 2. The Kier molecular flexibility index (Phi) is 8.21. The molecule has 1 saturated heterocycles. The van der Waals surface area contributed by atoms with Crippen molar-refractivity contribution in [1.29, 1.82) is 0 Å². The van der Waals surface area contributed by atoms with E-state index in [0.717, 1.165) is 26.0 Å². The number of rotatable bonds is 9. The lowest BCUT2D eigenvalue weighted by Crippen LogP contribution is -2.53. The maximum Gasteiger partial charge on any atom is 0.338 e. The number of hydrogen-bond donors (Lipinski definition) is 2. The van der Waals surface area contributed by atoms with Gasteiger partial charge in [0.1, 0.15) is 11.4 Å². The molecule has 0 aromatic heterocycles. The number of aliphatic hydroxyl groups is 1. The van der Waals surface area contributed by atoms with Crippen molar-refractivity contribution in [2.45, 2.75) is 48.9 Å². The molecule has 12 nitrogen and oxygen atoms in total. The number of carbonyl (C=O) groups excluding carboxylic acids is 2. The summed E-state index contributed by atoms with van der Waals surface area (Å²) in [5.41, 5.74) is -2.23. The number of aliphatic hydroxyl groups excluding tert-OH is 1. The number of esters is 1. The number of amides is 1. The summed E-state index contributed by atoms with van der Waals surface area (Å²) in [4.78, 5) is 51.9. The van der Waals surface area contributed by atoms with Crippen molar-refractivity contribution in [2.24, 2.45) is 5.92 Å². The molecular weight excluding hydrogens is 646 g/mol. The van der Waals surface area contributed by atoms with E-state index in [1.165, 1.54) is 36.4 Å². The average molecular weight is 673 g/mol. The van der Waals surface area contributed by atoms with Gasteiger partial charge in [-0.1, -0.05) is 41.4 Å². The molecule has 1 saturated carbocycles. The topological polar surface area (TPSA) is 165 Å². The number of anilines is 1. The minimum Gasteiger partial charge on any atom is -0.465 e. The molecular formula is C31H27Cl2FN4O8. The van der Waals surface area contributed by atoms with Crippen LogP contribution in [0.2, 0.25) is 10.0 Å². The van der Waals surface area contributed by atoms with Gasteiger partial charge in [0.05, 0.1) is 46.2 Å². The van der Waals surface area contributed by atoms with Crippen molar-refractivity contribution in [3.63, 3.8) is 0 Å². The SMILES string of the molecule is COC(=O)c1ccc(C(O)C[C@H]2[C@@H]([N+](=O)[O-])[C@H](c3cccc(Cl)c3F)[C@]3(C(=O)Nc4cc(Cl)ccc43)N2CC2CC2)c([N+](=O)[O-])c1. The van der Waals surface area contributed by atoms with Crippen LogP contribution in [0.15, 0.2) is 54.6 Å². The van der Waals surface area contributed by atoms with Gasteiger partial charge in [-0.2, -0.15) is 0 Å². The minimum absolute atomic E-state index is 0.0599. The van der Waals surface area contributed by atoms with E-state index < -0.39 is 69.3 Å². The smallest absolute Gasteiger partial charge is 0.338 e. The molecule has 6 rings (SSSR count). The van der Waals surface area contributed by atoms with E-state index >= 15 is 4.39 Å². The predicted molar refractivity (Wildman–Crippen MR) is 164 cm³/mol.